The molecule has 0 bridgehead atoms. The Hall–Kier alpha value is -2.18. The lowest BCUT2D eigenvalue weighted by molar-refractivity contribution is -0.0495. The van der Waals surface area contributed by atoms with Crippen LogP contribution in [0.2, 0.25) is 0 Å². The molecule has 0 unspecified atom stereocenters. The molecule has 7 nitrogen and oxygen atoms in total. The van der Waals surface area contributed by atoms with Crippen LogP contribution < -0.4 is 4.90 Å². The molecule has 12 heteroatoms. The number of para-hydroxylation sites is 1. The summed E-state index contributed by atoms with van der Waals surface area (Å²) < 4.78 is 86.2. The zero-order chi connectivity index (χ0) is 22.9. The summed E-state index contributed by atoms with van der Waals surface area (Å²) in [6, 6.07) is 3.17. The van der Waals surface area contributed by atoms with Crippen LogP contribution >= 0.6 is 0 Å². The minimum Gasteiger partial charge on any atom is -0.376 e. The molecule has 0 saturated heterocycles. The van der Waals surface area contributed by atoms with E-state index in [9.17, 15) is 21.6 Å². The number of rotatable bonds is 6. The lowest BCUT2D eigenvalue weighted by Gasteiger charge is -2.34. The van der Waals surface area contributed by atoms with Crippen molar-refractivity contribution in [2.75, 3.05) is 18.1 Å². The number of halogens is 4. The maximum Gasteiger partial charge on any atom is 0.511 e. The number of aromatic amines is 1. The maximum absolute atomic E-state index is 15.0. The Bertz CT molecular complexity index is 1020. The Morgan fingerprint density at radius 2 is 1.97 bits per heavy atom. The second kappa shape index (κ2) is 8.99. The van der Waals surface area contributed by atoms with Crippen molar-refractivity contribution in [3.63, 3.8) is 0 Å². The number of anilines is 1. The molecule has 1 aliphatic heterocycles. The van der Waals surface area contributed by atoms with E-state index in [2.05, 4.69) is 9.97 Å². The molecule has 1 fully saturated rings. The van der Waals surface area contributed by atoms with Gasteiger partial charge in [-0.05, 0) is 24.5 Å². The fourth-order valence-electron chi connectivity index (χ4n) is 4.32. The quantitative estimate of drug-likeness (QED) is 0.646. The number of alkyl halides is 3. The Labute approximate surface area is 183 Å². The number of nitrogens with zero attached hydrogens (tertiary/aromatic N) is 3. The normalized spacial score (nSPS) is 21.0. The molecule has 1 aliphatic carbocycles. The minimum absolute atomic E-state index is 0.0313. The van der Waals surface area contributed by atoms with Crippen LogP contribution in [-0.2, 0) is 27.8 Å². The van der Waals surface area contributed by atoms with Gasteiger partial charge in [-0.15, -0.1) is 0 Å². The number of hydrogen-bond donors (Lipinski definition) is 1. The summed E-state index contributed by atoms with van der Waals surface area (Å²) in [7, 11) is -5.63. The molecule has 0 radical (unpaired) electrons. The highest BCUT2D eigenvalue weighted by molar-refractivity contribution is 7.89. The third kappa shape index (κ3) is 4.62. The first-order valence-electron chi connectivity index (χ1n) is 10.4. The van der Waals surface area contributed by atoms with Gasteiger partial charge in [0.05, 0.1) is 43.0 Å². The van der Waals surface area contributed by atoms with Crippen molar-refractivity contribution < 1.29 is 30.7 Å². The third-order valence-corrected chi connectivity index (χ3v) is 7.46. The van der Waals surface area contributed by atoms with E-state index in [1.807, 2.05) is 0 Å². The summed E-state index contributed by atoms with van der Waals surface area (Å²) >= 11 is 0. The predicted octanol–water partition coefficient (Wildman–Crippen LogP) is 3.55. The van der Waals surface area contributed by atoms with E-state index >= 15 is 4.39 Å². The van der Waals surface area contributed by atoms with Crippen LogP contribution in [0, 0.1) is 5.82 Å². The predicted molar refractivity (Wildman–Crippen MR) is 109 cm³/mol. The van der Waals surface area contributed by atoms with Gasteiger partial charge in [-0.1, -0.05) is 25.0 Å². The Morgan fingerprint density at radius 1 is 1.22 bits per heavy atom. The van der Waals surface area contributed by atoms with Crippen molar-refractivity contribution in [2.24, 2.45) is 0 Å². The first kappa shape index (κ1) is 23.0. The van der Waals surface area contributed by atoms with E-state index in [0.29, 0.717) is 10.00 Å². The fraction of sp³-hybridized carbons (Fsp3) is 0.550. The van der Waals surface area contributed by atoms with Crippen LogP contribution in [0.4, 0.5) is 23.2 Å². The number of benzene rings is 1. The molecule has 1 aromatic heterocycles. The molecule has 1 saturated carbocycles. The van der Waals surface area contributed by atoms with Gasteiger partial charge in [0.2, 0.25) is 0 Å². The van der Waals surface area contributed by atoms with Crippen molar-refractivity contribution in [3.8, 4) is 0 Å². The van der Waals surface area contributed by atoms with E-state index in [-0.39, 0.29) is 30.5 Å². The van der Waals surface area contributed by atoms with E-state index in [1.54, 1.807) is 4.90 Å². The highest BCUT2D eigenvalue weighted by Gasteiger charge is 2.51. The second-order valence-electron chi connectivity index (χ2n) is 8.09. The molecular formula is C20H24F4N4O3S. The molecular weight excluding hydrogens is 452 g/mol. The average Bonchev–Trinajstić information content (AvgIpc) is 3.39. The summed E-state index contributed by atoms with van der Waals surface area (Å²) in [6.45, 7) is -1.01. The van der Waals surface area contributed by atoms with Gasteiger partial charge in [0.25, 0.3) is 0 Å². The minimum atomic E-state index is -5.63. The fourth-order valence-corrected chi connectivity index (χ4v) is 5.29. The number of ether oxygens (including phenoxy) is 1. The Kier molecular flexibility index (Phi) is 6.46. The van der Waals surface area contributed by atoms with Gasteiger partial charge in [0.1, 0.15) is 5.82 Å². The maximum atomic E-state index is 15.0. The number of hydrogen-bond acceptors (Lipinski definition) is 5. The molecule has 32 heavy (non-hydrogen) atoms. The van der Waals surface area contributed by atoms with Crippen LogP contribution in [0.15, 0.2) is 30.7 Å². The number of aromatic nitrogens is 2. The van der Waals surface area contributed by atoms with Gasteiger partial charge in [0.15, 0.2) is 0 Å². The molecule has 1 atom stereocenters. The van der Waals surface area contributed by atoms with Crippen LogP contribution in [-0.4, -0.2) is 53.5 Å². The summed E-state index contributed by atoms with van der Waals surface area (Å²) in [5.41, 5.74) is -4.63. The van der Waals surface area contributed by atoms with E-state index in [1.165, 1.54) is 30.7 Å². The number of nitrogens with one attached hydrogen (secondary N) is 1. The van der Waals surface area contributed by atoms with Crippen molar-refractivity contribution >= 4 is 15.7 Å². The van der Waals surface area contributed by atoms with Crippen LogP contribution in [0.5, 0.6) is 0 Å². The molecule has 0 spiro atoms. The van der Waals surface area contributed by atoms with E-state index in [0.717, 1.165) is 25.7 Å². The summed E-state index contributed by atoms with van der Waals surface area (Å²) in [6.07, 6.45) is 6.61. The molecule has 1 N–H and O–H groups in total. The van der Waals surface area contributed by atoms with Gasteiger partial charge in [-0.2, -0.15) is 17.5 Å². The van der Waals surface area contributed by atoms with Gasteiger partial charge < -0.3 is 14.6 Å². The van der Waals surface area contributed by atoms with Gasteiger partial charge in [0, 0.05) is 19.3 Å². The third-order valence-electron chi connectivity index (χ3n) is 5.91. The molecule has 2 aromatic rings. The lowest BCUT2D eigenvalue weighted by atomic mass is 10.1. The summed E-state index contributed by atoms with van der Waals surface area (Å²) in [5.74, 6) is -0.640. The second-order valence-corrected chi connectivity index (χ2v) is 10.0. The molecule has 1 aromatic carbocycles. The highest BCUT2D eigenvalue weighted by Crippen LogP contribution is 2.36. The zero-order valence-electron chi connectivity index (χ0n) is 17.2. The standard InChI is InChI=1S/C20H24F4N4O3S/c21-18-7-3-4-14-9-27(32(29,30)20(22,23)24)11-16(12-31-17-5-1-2-6-17)28(19(14)18)10-15-8-25-13-26-15/h3-4,7-8,13,16-17H,1-2,5-6,9-12H2,(H,25,26)/t16-/m1/s1. The number of fused-ring (bicyclic) bond motifs is 1. The molecule has 176 valence electrons. The van der Waals surface area contributed by atoms with Gasteiger partial charge >= 0.3 is 15.5 Å². The summed E-state index contributed by atoms with van der Waals surface area (Å²) in [5, 5.41) is 0. The van der Waals surface area contributed by atoms with E-state index in [4.69, 9.17) is 4.74 Å². The monoisotopic (exact) mass is 476 g/mol. The van der Waals surface area contributed by atoms with Crippen molar-refractivity contribution in [1.82, 2.24) is 14.3 Å². The number of sulfonamides is 1. The van der Waals surface area contributed by atoms with Crippen LogP contribution in [0.1, 0.15) is 36.9 Å². The first-order valence-corrected chi connectivity index (χ1v) is 11.8. The van der Waals surface area contributed by atoms with Crippen LogP contribution in [0.3, 0.4) is 0 Å². The molecule has 0 amide bonds. The van der Waals surface area contributed by atoms with Gasteiger partial charge in [-0.3, -0.25) is 0 Å². The van der Waals surface area contributed by atoms with E-state index < -0.39 is 40.5 Å². The SMILES string of the molecule is O=S(=O)(N1Cc2cccc(F)c2N(Cc2cnc[nH]2)[C@@H](COC2CCCC2)C1)C(F)(F)F. The largest absolute Gasteiger partial charge is 0.511 e. The molecule has 4 rings (SSSR count). The van der Waals surface area contributed by atoms with Gasteiger partial charge in [-0.25, -0.2) is 17.8 Å². The molecule has 2 aliphatic rings. The number of H-pyrrole nitrogens is 1. The first-order chi connectivity index (χ1) is 15.2. The highest BCUT2D eigenvalue weighted by atomic mass is 32.2. The average molecular weight is 476 g/mol. The Balaban J connectivity index is 1.74. The molecule has 2 heterocycles. The smallest absolute Gasteiger partial charge is 0.376 e. The Morgan fingerprint density at radius 3 is 2.62 bits per heavy atom. The topological polar surface area (TPSA) is 78.5 Å². The van der Waals surface area contributed by atoms with Crippen molar-refractivity contribution in [1.29, 1.82) is 0 Å². The summed E-state index contributed by atoms with van der Waals surface area (Å²) in [4.78, 5) is 8.44. The van der Waals surface area contributed by atoms with Crippen molar-refractivity contribution in [3.05, 3.63) is 47.8 Å². The van der Waals surface area contributed by atoms with Crippen LogP contribution in [0.25, 0.3) is 0 Å². The zero-order valence-corrected chi connectivity index (χ0v) is 18.0. The van der Waals surface area contributed by atoms with Crippen molar-refractivity contribution in [2.45, 2.75) is 56.4 Å². The number of imidazole rings is 1. The lowest BCUT2D eigenvalue weighted by Crippen LogP contribution is -2.49.